The first kappa shape index (κ1) is 19.4. The summed E-state index contributed by atoms with van der Waals surface area (Å²) in [5.41, 5.74) is 5.73. The molecule has 1 saturated carbocycles. The van der Waals surface area contributed by atoms with Crippen LogP contribution in [0.5, 0.6) is 11.5 Å². The van der Waals surface area contributed by atoms with E-state index >= 15 is 0 Å². The average molecular weight is 351 g/mol. The first-order chi connectivity index (χ1) is 10.5. The Labute approximate surface area is 139 Å². The number of carbonyl (C=O) groups excluding carboxylic acids is 1. The fraction of sp³-hybridized carbons (Fsp3) is 0.533. The Hall–Kier alpha value is -1.60. The van der Waals surface area contributed by atoms with Gasteiger partial charge in [-0.05, 0) is 31.0 Å². The third kappa shape index (κ3) is 4.68. The number of methoxy groups -OCH3 is 1. The van der Waals surface area contributed by atoms with E-state index in [2.05, 4.69) is 10.1 Å². The molecule has 5 nitrogen and oxygen atoms in total. The van der Waals surface area contributed by atoms with E-state index in [1.165, 1.54) is 25.3 Å². The van der Waals surface area contributed by atoms with Gasteiger partial charge in [0.25, 0.3) is 5.91 Å². The van der Waals surface area contributed by atoms with Gasteiger partial charge in [0, 0.05) is 12.1 Å². The highest BCUT2D eigenvalue weighted by atomic mass is 35.5. The van der Waals surface area contributed by atoms with Gasteiger partial charge in [0.05, 0.1) is 12.6 Å². The Bertz CT molecular complexity index is 537. The fourth-order valence-electron chi connectivity index (χ4n) is 2.75. The number of nitrogens with one attached hydrogen (secondary N) is 1. The van der Waals surface area contributed by atoms with Crippen LogP contribution in [0.3, 0.4) is 0 Å². The molecular weight excluding hydrogens is 330 g/mol. The molecule has 0 atom stereocenters. The molecule has 2 rings (SSSR count). The Balaban J connectivity index is 0.00000264. The molecule has 8 heteroatoms. The van der Waals surface area contributed by atoms with Crippen molar-refractivity contribution >= 4 is 18.3 Å². The van der Waals surface area contributed by atoms with Crippen molar-refractivity contribution < 1.29 is 23.0 Å². The van der Waals surface area contributed by atoms with Crippen LogP contribution >= 0.6 is 12.4 Å². The molecule has 130 valence electrons. The van der Waals surface area contributed by atoms with Crippen molar-refractivity contribution in [2.75, 3.05) is 13.7 Å². The minimum Gasteiger partial charge on any atom is -0.493 e. The molecule has 1 fully saturated rings. The van der Waals surface area contributed by atoms with E-state index in [9.17, 15) is 13.6 Å². The molecule has 1 aliphatic rings. The molecule has 0 radical (unpaired) electrons. The zero-order chi connectivity index (χ0) is 16.2. The summed E-state index contributed by atoms with van der Waals surface area (Å²) in [6, 6.07) is 4.10. The van der Waals surface area contributed by atoms with Gasteiger partial charge in [-0.3, -0.25) is 4.79 Å². The number of alkyl halides is 2. The van der Waals surface area contributed by atoms with E-state index in [1.807, 2.05) is 0 Å². The third-order valence-electron chi connectivity index (χ3n) is 3.97. The number of hydrogen-bond donors (Lipinski definition) is 2. The standard InChI is InChI=1S/C15H20F2N2O3.ClH/c1-21-12-8-10(4-5-11(12)22-14(16)17)13(20)19-15(9-18)6-2-3-7-15;/h4-5,8,14H,2-3,6-7,9,18H2,1H3,(H,19,20);1H. The minimum atomic E-state index is -2.95. The van der Waals surface area contributed by atoms with E-state index in [0.717, 1.165) is 25.7 Å². The molecule has 0 unspecified atom stereocenters. The molecule has 0 heterocycles. The molecule has 0 bridgehead atoms. The zero-order valence-electron chi connectivity index (χ0n) is 12.8. The lowest BCUT2D eigenvalue weighted by atomic mass is 9.97. The van der Waals surface area contributed by atoms with Crippen molar-refractivity contribution in [3.63, 3.8) is 0 Å². The van der Waals surface area contributed by atoms with E-state index in [-0.39, 0.29) is 35.4 Å². The smallest absolute Gasteiger partial charge is 0.387 e. The summed E-state index contributed by atoms with van der Waals surface area (Å²) in [7, 11) is 1.33. The van der Waals surface area contributed by atoms with Gasteiger partial charge in [-0.2, -0.15) is 8.78 Å². The van der Waals surface area contributed by atoms with E-state index in [0.29, 0.717) is 12.1 Å². The van der Waals surface area contributed by atoms with Gasteiger partial charge in [0.1, 0.15) is 0 Å². The number of carbonyl (C=O) groups is 1. The zero-order valence-corrected chi connectivity index (χ0v) is 13.6. The molecule has 3 N–H and O–H groups in total. The maximum Gasteiger partial charge on any atom is 0.387 e. The van der Waals surface area contributed by atoms with E-state index in [4.69, 9.17) is 10.5 Å². The molecule has 0 spiro atoms. The second-order valence-electron chi connectivity index (χ2n) is 5.39. The summed E-state index contributed by atoms with van der Waals surface area (Å²) in [6.45, 7) is -2.57. The van der Waals surface area contributed by atoms with Crippen molar-refractivity contribution in [1.82, 2.24) is 5.32 Å². The van der Waals surface area contributed by atoms with Crippen LogP contribution in [0.1, 0.15) is 36.0 Å². The predicted molar refractivity (Wildman–Crippen MR) is 84.6 cm³/mol. The molecule has 0 saturated heterocycles. The summed E-state index contributed by atoms with van der Waals surface area (Å²) in [4.78, 5) is 12.4. The monoisotopic (exact) mass is 350 g/mol. The van der Waals surface area contributed by atoms with Crippen molar-refractivity contribution in [2.24, 2.45) is 5.73 Å². The summed E-state index contributed by atoms with van der Waals surface area (Å²) in [6.07, 6.45) is 3.75. The van der Waals surface area contributed by atoms with Gasteiger partial charge in [-0.1, -0.05) is 12.8 Å². The average Bonchev–Trinajstić information content (AvgIpc) is 2.96. The van der Waals surface area contributed by atoms with Gasteiger partial charge >= 0.3 is 6.61 Å². The third-order valence-corrected chi connectivity index (χ3v) is 3.97. The second kappa shape index (κ2) is 8.31. The predicted octanol–water partition coefficient (Wildman–Crippen LogP) is 2.72. The molecule has 0 aliphatic heterocycles. The first-order valence-corrected chi connectivity index (χ1v) is 7.15. The van der Waals surface area contributed by atoms with E-state index < -0.39 is 6.61 Å². The number of halogens is 3. The normalized spacial score (nSPS) is 15.9. The molecule has 1 aliphatic carbocycles. The number of amides is 1. The summed E-state index contributed by atoms with van der Waals surface area (Å²) in [5.74, 6) is -0.320. The number of nitrogens with two attached hydrogens (primary N) is 1. The number of ether oxygens (including phenoxy) is 2. The summed E-state index contributed by atoms with van der Waals surface area (Å²) < 4.78 is 33.9. The quantitative estimate of drug-likeness (QED) is 0.827. The highest BCUT2D eigenvalue weighted by Gasteiger charge is 2.34. The number of benzene rings is 1. The van der Waals surface area contributed by atoms with Crippen LogP contribution in [0.4, 0.5) is 8.78 Å². The second-order valence-corrected chi connectivity index (χ2v) is 5.39. The summed E-state index contributed by atoms with van der Waals surface area (Å²) >= 11 is 0. The SMILES string of the molecule is COc1cc(C(=O)NC2(CN)CCCC2)ccc1OC(F)F.Cl. The Morgan fingerprint density at radius 3 is 2.52 bits per heavy atom. The van der Waals surface area contributed by atoms with Crippen LogP contribution in [-0.4, -0.2) is 31.7 Å². The highest BCUT2D eigenvalue weighted by molar-refractivity contribution is 5.95. The largest absolute Gasteiger partial charge is 0.493 e. The molecular formula is C15H21ClF2N2O3. The molecule has 1 aromatic carbocycles. The Morgan fingerprint density at radius 1 is 1.35 bits per heavy atom. The first-order valence-electron chi connectivity index (χ1n) is 7.15. The van der Waals surface area contributed by atoms with Crippen LogP contribution < -0.4 is 20.5 Å². The summed E-state index contributed by atoms with van der Waals surface area (Å²) in [5, 5.41) is 2.96. The number of hydrogen-bond acceptors (Lipinski definition) is 4. The van der Waals surface area contributed by atoms with Gasteiger partial charge in [0.15, 0.2) is 11.5 Å². The van der Waals surface area contributed by atoms with Crippen molar-refractivity contribution in [3.8, 4) is 11.5 Å². The fourth-order valence-corrected chi connectivity index (χ4v) is 2.75. The van der Waals surface area contributed by atoms with Gasteiger partial charge < -0.3 is 20.5 Å². The van der Waals surface area contributed by atoms with Crippen LogP contribution in [0.2, 0.25) is 0 Å². The van der Waals surface area contributed by atoms with Crippen LogP contribution in [0, 0.1) is 0 Å². The lowest BCUT2D eigenvalue weighted by molar-refractivity contribution is -0.0512. The Morgan fingerprint density at radius 2 is 2.00 bits per heavy atom. The lowest BCUT2D eigenvalue weighted by Gasteiger charge is -2.28. The van der Waals surface area contributed by atoms with Gasteiger partial charge in [0.2, 0.25) is 0 Å². The molecule has 1 aromatic rings. The maximum absolute atomic E-state index is 12.4. The van der Waals surface area contributed by atoms with Crippen molar-refractivity contribution in [2.45, 2.75) is 37.8 Å². The van der Waals surface area contributed by atoms with E-state index in [1.54, 1.807) is 0 Å². The van der Waals surface area contributed by atoms with Crippen LogP contribution in [0.25, 0.3) is 0 Å². The Kier molecular flexibility index (Phi) is 7.02. The van der Waals surface area contributed by atoms with Gasteiger partial charge in [-0.15, -0.1) is 12.4 Å². The molecule has 0 aromatic heterocycles. The van der Waals surface area contributed by atoms with Crippen molar-refractivity contribution in [1.29, 1.82) is 0 Å². The maximum atomic E-state index is 12.4. The minimum absolute atomic E-state index is 0. The molecule has 1 amide bonds. The lowest BCUT2D eigenvalue weighted by Crippen LogP contribution is -2.51. The molecule has 23 heavy (non-hydrogen) atoms. The topological polar surface area (TPSA) is 73.6 Å². The van der Waals surface area contributed by atoms with Gasteiger partial charge in [-0.25, -0.2) is 0 Å². The highest BCUT2D eigenvalue weighted by Crippen LogP contribution is 2.31. The van der Waals surface area contributed by atoms with Crippen molar-refractivity contribution in [3.05, 3.63) is 23.8 Å². The number of rotatable bonds is 6. The van der Waals surface area contributed by atoms with Crippen LogP contribution in [0.15, 0.2) is 18.2 Å². The van der Waals surface area contributed by atoms with Crippen LogP contribution in [-0.2, 0) is 0 Å².